The van der Waals surface area contributed by atoms with Crippen LogP contribution in [-0.2, 0) is 0 Å². The van der Waals surface area contributed by atoms with E-state index in [1.807, 2.05) is 0 Å². The molecule has 4 aromatic heterocycles. The number of pyridine rings is 1. The van der Waals surface area contributed by atoms with E-state index in [1.54, 1.807) is 24.1 Å². The van der Waals surface area contributed by atoms with Gasteiger partial charge in [-0.15, -0.1) is 10.2 Å². The number of alkyl halides is 2. The Morgan fingerprint density at radius 1 is 1.03 bits per heavy atom. The third-order valence-corrected chi connectivity index (χ3v) is 5.07. The lowest BCUT2D eigenvalue weighted by Crippen LogP contribution is -2.15. The quantitative estimate of drug-likeness (QED) is 0.390. The summed E-state index contributed by atoms with van der Waals surface area (Å²) in [6, 6.07) is 8.53. The van der Waals surface area contributed by atoms with Crippen LogP contribution in [0.1, 0.15) is 12.1 Å². The Balaban J connectivity index is 1.62. The van der Waals surface area contributed by atoms with Crippen molar-refractivity contribution in [3.05, 3.63) is 65.6 Å². The second-order valence-electron chi connectivity index (χ2n) is 6.77. The normalized spacial score (nSPS) is 11.6. The molecule has 32 heavy (non-hydrogen) atoms. The van der Waals surface area contributed by atoms with Crippen molar-refractivity contribution in [1.29, 1.82) is 0 Å². The zero-order valence-electron chi connectivity index (χ0n) is 16.3. The topological polar surface area (TPSA) is 85.0 Å². The number of benzene rings is 1. The maximum atomic E-state index is 14.1. The summed E-state index contributed by atoms with van der Waals surface area (Å²) in [5, 5.41) is 8.36. The number of aromatic nitrogens is 7. The number of fused-ring (bicyclic) bond motifs is 3. The molecule has 0 unspecified atom stereocenters. The van der Waals surface area contributed by atoms with E-state index in [9.17, 15) is 13.2 Å². The molecule has 160 valence electrons. The van der Waals surface area contributed by atoms with Crippen molar-refractivity contribution in [1.82, 2.24) is 34.5 Å². The third-order valence-electron chi connectivity index (χ3n) is 4.82. The Labute approximate surface area is 183 Å². The molecule has 0 bridgehead atoms. The molecule has 4 heterocycles. The Bertz CT molecular complexity index is 1460. The molecule has 0 aliphatic heterocycles. The maximum Gasteiger partial charge on any atom is 0.280 e. The molecule has 0 spiro atoms. The number of nitrogens with zero attached hydrogens (tertiary/aromatic N) is 8. The Morgan fingerprint density at radius 3 is 2.62 bits per heavy atom. The first-order chi connectivity index (χ1) is 15.4. The van der Waals surface area contributed by atoms with Crippen LogP contribution in [0.3, 0.4) is 0 Å². The Kier molecular flexibility index (Phi) is 4.82. The first-order valence-electron chi connectivity index (χ1n) is 9.23. The molecule has 1 aromatic carbocycles. The van der Waals surface area contributed by atoms with Crippen LogP contribution >= 0.6 is 11.6 Å². The fraction of sp³-hybridized carbons (Fsp3) is 0.100. The summed E-state index contributed by atoms with van der Waals surface area (Å²) in [5.41, 5.74) is 0.697. The number of hydrogen-bond donors (Lipinski definition) is 0. The average molecular weight is 457 g/mol. The zero-order chi connectivity index (χ0) is 22.4. The van der Waals surface area contributed by atoms with Crippen molar-refractivity contribution in [2.24, 2.45) is 0 Å². The van der Waals surface area contributed by atoms with Crippen LogP contribution in [0.15, 0.2) is 48.8 Å². The SMILES string of the molecule is CN(c1ccnc(-c2ccc(C(F)F)nc2)n1)c1nc2nnc(Cl)n2c2ccc(F)cc12. The zero-order valence-corrected chi connectivity index (χ0v) is 17.0. The predicted molar refractivity (Wildman–Crippen MR) is 112 cm³/mol. The number of hydrogen-bond acceptors (Lipinski definition) is 7. The minimum absolute atomic E-state index is 0.0994. The van der Waals surface area contributed by atoms with Crippen LogP contribution in [0.25, 0.3) is 28.1 Å². The lowest BCUT2D eigenvalue weighted by molar-refractivity contribution is 0.146. The van der Waals surface area contributed by atoms with Crippen LogP contribution in [0.4, 0.5) is 24.8 Å². The van der Waals surface area contributed by atoms with Gasteiger partial charge < -0.3 is 4.90 Å². The summed E-state index contributed by atoms with van der Waals surface area (Å²) in [4.78, 5) is 18.6. The molecular formula is C20H12ClF3N8. The largest absolute Gasteiger partial charge is 0.313 e. The maximum absolute atomic E-state index is 14.1. The molecule has 0 atom stereocenters. The minimum atomic E-state index is -2.66. The molecular weight excluding hydrogens is 445 g/mol. The molecule has 0 aliphatic carbocycles. The molecule has 0 saturated carbocycles. The smallest absolute Gasteiger partial charge is 0.280 e. The van der Waals surface area contributed by atoms with E-state index >= 15 is 0 Å². The van der Waals surface area contributed by atoms with Crippen molar-refractivity contribution in [2.75, 3.05) is 11.9 Å². The number of anilines is 2. The van der Waals surface area contributed by atoms with Gasteiger partial charge >= 0.3 is 0 Å². The monoisotopic (exact) mass is 456 g/mol. The first-order valence-corrected chi connectivity index (χ1v) is 9.61. The second-order valence-corrected chi connectivity index (χ2v) is 7.11. The van der Waals surface area contributed by atoms with Crippen LogP contribution in [0.2, 0.25) is 5.28 Å². The van der Waals surface area contributed by atoms with Crippen molar-refractivity contribution in [3.8, 4) is 11.4 Å². The predicted octanol–water partition coefficient (Wildman–Crippen LogP) is 4.63. The van der Waals surface area contributed by atoms with E-state index in [0.29, 0.717) is 28.1 Å². The van der Waals surface area contributed by atoms with Gasteiger partial charge in [0, 0.05) is 30.4 Å². The molecule has 0 amide bonds. The standard InChI is InChI=1S/C20H12ClF3N8/c1-31(15-6-7-25-17(27-15)10-2-4-13(16(23)24)26-9-10)18-12-8-11(22)3-5-14(12)32-19(21)29-30-20(32)28-18/h2-9,16H,1H3. The van der Waals surface area contributed by atoms with Crippen molar-refractivity contribution >= 4 is 39.9 Å². The van der Waals surface area contributed by atoms with Crippen LogP contribution in [0.5, 0.6) is 0 Å². The molecule has 5 rings (SSSR count). The Morgan fingerprint density at radius 2 is 1.88 bits per heavy atom. The highest BCUT2D eigenvalue weighted by Gasteiger charge is 2.19. The van der Waals surface area contributed by atoms with Crippen LogP contribution < -0.4 is 4.90 Å². The van der Waals surface area contributed by atoms with Gasteiger partial charge in [0.2, 0.25) is 5.28 Å². The fourth-order valence-electron chi connectivity index (χ4n) is 3.28. The van der Waals surface area contributed by atoms with Gasteiger partial charge in [0.05, 0.1) is 5.52 Å². The third kappa shape index (κ3) is 3.36. The van der Waals surface area contributed by atoms with Crippen molar-refractivity contribution in [3.63, 3.8) is 0 Å². The molecule has 0 N–H and O–H groups in total. The summed E-state index contributed by atoms with van der Waals surface area (Å²) >= 11 is 6.13. The fourth-order valence-corrected chi connectivity index (χ4v) is 3.49. The van der Waals surface area contributed by atoms with E-state index in [-0.39, 0.29) is 22.6 Å². The Hall–Kier alpha value is -3.86. The second kappa shape index (κ2) is 7.68. The highest BCUT2D eigenvalue weighted by Crippen LogP contribution is 2.31. The lowest BCUT2D eigenvalue weighted by atomic mass is 10.2. The summed E-state index contributed by atoms with van der Waals surface area (Å²) in [6.45, 7) is 0. The average Bonchev–Trinajstić information content (AvgIpc) is 3.18. The van der Waals surface area contributed by atoms with E-state index < -0.39 is 12.2 Å². The summed E-state index contributed by atoms with van der Waals surface area (Å²) in [7, 11) is 1.70. The highest BCUT2D eigenvalue weighted by molar-refractivity contribution is 6.29. The van der Waals surface area contributed by atoms with Gasteiger partial charge in [0.15, 0.2) is 5.82 Å². The molecule has 8 nitrogen and oxygen atoms in total. The van der Waals surface area contributed by atoms with Gasteiger partial charge in [-0.2, -0.15) is 4.98 Å². The molecule has 0 fully saturated rings. The van der Waals surface area contributed by atoms with Gasteiger partial charge in [-0.3, -0.25) is 4.98 Å². The van der Waals surface area contributed by atoms with E-state index in [0.717, 1.165) is 0 Å². The van der Waals surface area contributed by atoms with Gasteiger partial charge in [-0.25, -0.2) is 27.5 Å². The van der Waals surface area contributed by atoms with E-state index in [2.05, 4.69) is 30.1 Å². The van der Waals surface area contributed by atoms with Crippen molar-refractivity contribution < 1.29 is 13.2 Å². The number of halogens is 4. The number of rotatable bonds is 4. The van der Waals surface area contributed by atoms with E-state index in [4.69, 9.17) is 11.6 Å². The van der Waals surface area contributed by atoms with Crippen molar-refractivity contribution in [2.45, 2.75) is 6.43 Å². The highest BCUT2D eigenvalue weighted by atomic mass is 35.5. The molecule has 0 radical (unpaired) electrons. The summed E-state index contributed by atoms with van der Waals surface area (Å²) in [6.07, 6.45) is 0.140. The summed E-state index contributed by atoms with van der Waals surface area (Å²) in [5.74, 6) is 0.862. The van der Waals surface area contributed by atoms with E-state index in [1.165, 1.54) is 41.1 Å². The minimum Gasteiger partial charge on any atom is -0.313 e. The van der Waals surface area contributed by atoms with Gasteiger partial charge in [-0.05, 0) is 48.0 Å². The molecule has 12 heteroatoms. The molecule has 5 aromatic rings. The first kappa shape index (κ1) is 20.1. The molecule has 0 saturated heterocycles. The van der Waals surface area contributed by atoms with Gasteiger partial charge in [0.1, 0.15) is 23.1 Å². The van der Waals surface area contributed by atoms with Gasteiger partial charge in [0.25, 0.3) is 12.2 Å². The van der Waals surface area contributed by atoms with Crippen LogP contribution in [-0.4, -0.2) is 41.6 Å². The summed E-state index contributed by atoms with van der Waals surface area (Å²) < 4.78 is 41.1. The molecule has 0 aliphatic rings. The van der Waals surface area contributed by atoms with Gasteiger partial charge in [-0.1, -0.05) is 0 Å². The van der Waals surface area contributed by atoms with Crippen LogP contribution in [0, 0.1) is 5.82 Å². The lowest BCUT2D eigenvalue weighted by Gasteiger charge is -2.20.